The molecule has 0 spiro atoms. The number of nitrogens with zero attached hydrogens (tertiary/aromatic N) is 1. The number of rotatable bonds is 2. The molecule has 2 aromatic rings. The van der Waals surface area contributed by atoms with Gasteiger partial charge in [0, 0.05) is 12.3 Å². The molecule has 0 saturated heterocycles. The van der Waals surface area contributed by atoms with Crippen molar-refractivity contribution in [2.24, 2.45) is 0 Å². The monoisotopic (exact) mass is 234 g/mol. The summed E-state index contributed by atoms with van der Waals surface area (Å²) in [6, 6.07) is 8.87. The van der Waals surface area contributed by atoms with E-state index in [0.29, 0.717) is 10.5 Å². The zero-order chi connectivity index (χ0) is 11.5. The predicted molar refractivity (Wildman–Crippen MR) is 63.8 cm³/mol. The molecular weight excluding hydrogens is 224 g/mol. The summed E-state index contributed by atoms with van der Waals surface area (Å²) in [5, 5.41) is 0. The Morgan fingerprint density at radius 2 is 2.06 bits per heavy atom. The standard InChI is InChI=1S/C11H10N2O2S/c1-15-9-5-3-2-4-8(9)13-7-6-10(14)12-11(13)16/h2-7H,1H3,(H,12,14,16). The molecule has 82 valence electrons. The fourth-order valence-corrected chi connectivity index (χ4v) is 1.70. The van der Waals surface area contributed by atoms with E-state index >= 15 is 0 Å². The number of H-pyrrole nitrogens is 1. The first kappa shape index (κ1) is 10.6. The van der Waals surface area contributed by atoms with E-state index < -0.39 is 0 Å². The number of hydrogen-bond donors (Lipinski definition) is 1. The number of aromatic nitrogens is 2. The molecule has 0 saturated carbocycles. The average molecular weight is 234 g/mol. The lowest BCUT2D eigenvalue weighted by Crippen LogP contribution is -2.10. The molecule has 1 aromatic heterocycles. The summed E-state index contributed by atoms with van der Waals surface area (Å²) in [7, 11) is 1.59. The molecule has 0 aliphatic rings. The van der Waals surface area contributed by atoms with E-state index in [1.165, 1.54) is 6.07 Å². The summed E-state index contributed by atoms with van der Waals surface area (Å²) < 4.78 is 7.26. The number of benzene rings is 1. The van der Waals surface area contributed by atoms with Crippen molar-refractivity contribution in [2.45, 2.75) is 0 Å². The van der Waals surface area contributed by atoms with E-state index in [1.54, 1.807) is 17.9 Å². The van der Waals surface area contributed by atoms with Gasteiger partial charge in [0.1, 0.15) is 5.75 Å². The second-order valence-electron chi connectivity index (χ2n) is 3.15. The van der Waals surface area contributed by atoms with Crippen LogP contribution in [0.15, 0.2) is 41.3 Å². The van der Waals surface area contributed by atoms with Gasteiger partial charge in [-0.15, -0.1) is 0 Å². The van der Waals surface area contributed by atoms with Gasteiger partial charge in [-0.05, 0) is 24.4 Å². The Labute approximate surface area is 97.1 Å². The van der Waals surface area contributed by atoms with E-state index in [9.17, 15) is 4.79 Å². The Kier molecular flexibility index (Phi) is 2.87. The van der Waals surface area contributed by atoms with Crippen molar-refractivity contribution in [3.8, 4) is 11.4 Å². The second kappa shape index (κ2) is 4.32. The Hall–Kier alpha value is -1.88. The van der Waals surface area contributed by atoms with Crippen molar-refractivity contribution in [1.82, 2.24) is 9.55 Å². The minimum atomic E-state index is -0.212. The highest BCUT2D eigenvalue weighted by Crippen LogP contribution is 2.21. The third kappa shape index (κ3) is 1.90. The van der Waals surface area contributed by atoms with Crippen LogP contribution < -0.4 is 10.3 Å². The number of para-hydroxylation sites is 2. The van der Waals surface area contributed by atoms with Crippen LogP contribution in [0.2, 0.25) is 0 Å². The molecule has 2 rings (SSSR count). The van der Waals surface area contributed by atoms with Crippen molar-refractivity contribution in [1.29, 1.82) is 0 Å². The maximum Gasteiger partial charge on any atom is 0.251 e. The highest BCUT2D eigenvalue weighted by molar-refractivity contribution is 7.71. The predicted octanol–water partition coefficient (Wildman–Crippen LogP) is 1.90. The normalized spacial score (nSPS) is 10.1. The molecule has 1 heterocycles. The zero-order valence-corrected chi connectivity index (χ0v) is 9.45. The smallest absolute Gasteiger partial charge is 0.251 e. The van der Waals surface area contributed by atoms with Crippen molar-refractivity contribution < 1.29 is 4.74 Å². The highest BCUT2D eigenvalue weighted by Gasteiger charge is 2.03. The highest BCUT2D eigenvalue weighted by atomic mass is 32.1. The fraction of sp³-hybridized carbons (Fsp3) is 0.0909. The third-order valence-electron chi connectivity index (χ3n) is 2.17. The van der Waals surface area contributed by atoms with Crippen LogP contribution in [0.5, 0.6) is 5.75 Å². The molecule has 0 aliphatic carbocycles. The van der Waals surface area contributed by atoms with Gasteiger partial charge in [-0.1, -0.05) is 12.1 Å². The summed E-state index contributed by atoms with van der Waals surface area (Å²) in [4.78, 5) is 13.6. The molecule has 0 unspecified atom stereocenters. The molecule has 0 fully saturated rings. The van der Waals surface area contributed by atoms with E-state index in [2.05, 4.69) is 4.98 Å². The number of ether oxygens (including phenoxy) is 1. The number of methoxy groups -OCH3 is 1. The number of nitrogens with one attached hydrogen (secondary N) is 1. The van der Waals surface area contributed by atoms with E-state index in [4.69, 9.17) is 17.0 Å². The lowest BCUT2D eigenvalue weighted by molar-refractivity contribution is 0.412. The van der Waals surface area contributed by atoms with Crippen molar-refractivity contribution in [3.63, 3.8) is 0 Å². The topological polar surface area (TPSA) is 47.0 Å². The van der Waals surface area contributed by atoms with Gasteiger partial charge < -0.3 is 4.74 Å². The Morgan fingerprint density at radius 3 is 2.75 bits per heavy atom. The molecule has 4 nitrogen and oxygen atoms in total. The molecular formula is C11H10N2O2S. The summed E-state index contributed by atoms with van der Waals surface area (Å²) >= 11 is 5.08. The van der Waals surface area contributed by atoms with Gasteiger partial charge in [-0.25, -0.2) is 0 Å². The molecule has 0 radical (unpaired) electrons. The van der Waals surface area contributed by atoms with Crippen LogP contribution in [0.25, 0.3) is 5.69 Å². The molecule has 0 aliphatic heterocycles. The average Bonchev–Trinajstić information content (AvgIpc) is 2.29. The van der Waals surface area contributed by atoms with Crippen LogP contribution in [0.3, 0.4) is 0 Å². The van der Waals surface area contributed by atoms with Crippen LogP contribution in [-0.4, -0.2) is 16.7 Å². The van der Waals surface area contributed by atoms with Crippen LogP contribution in [0, 0.1) is 4.77 Å². The van der Waals surface area contributed by atoms with Gasteiger partial charge in [0.15, 0.2) is 4.77 Å². The number of aromatic amines is 1. The van der Waals surface area contributed by atoms with E-state index in [0.717, 1.165) is 5.69 Å². The first-order chi connectivity index (χ1) is 7.72. The van der Waals surface area contributed by atoms with Gasteiger partial charge in [-0.2, -0.15) is 0 Å². The zero-order valence-electron chi connectivity index (χ0n) is 8.64. The van der Waals surface area contributed by atoms with Gasteiger partial charge >= 0.3 is 0 Å². The number of hydrogen-bond acceptors (Lipinski definition) is 3. The fourth-order valence-electron chi connectivity index (χ4n) is 1.44. The van der Waals surface area contributed by atoms with Crippen molar-refractivity contribution in [2.75, 3.05) is 7.11 Å². The molecule has 16 heavy (non-hydrogen) atoms. The Morgan fingerprint density at radius 1 is 1.31 bits per heavy atom. The summed E-state index contributed by atoms with van der Waals surface area (Å²) in [5.74, 6) is 0.700. The van der Waals surface area contributed by atoms with Crippen LogP contribution in [0.4, 0.5) is 0 Å². The minimum absolute atomic E-state index is 0.212. The molecule has 1 N–H and O–H groups in total. The molecule has 5 heteroatoms. The third-order valence-corrected chi connectivity index (χ3v) is 2.47. The van der Waals surface area contributed by atoms with E-state index in [-0.39, 0.29) is 5.56 Å². The van der Waals surface area contributed by atoms with Crippen LogP contribution in [0.1, 0.15) is 0 Å². The van der Waals surface area contributed by atoms with Gasteiger partial charge in [0.05, 0.1) is 12.8 Å². The molecule has 0 atom stereocenters. The maximum atomic E-state index is 11.1. The molecule has 0 bridgehead atoms. The summed E-state index contributed by atoms with van der Waals surface area (Å²) in [6.45, 7) is 0. The van der Waals surface area contributed by atoms with Gasteiger partial charge in [0.2, 0.25) is 0 Å². The van der Waals surface area contributed by atoms with Gasteiger partial charge in [0.25, 0.3) is 5.56 Å². The molecule has 0 amide bonds. The SMILES string of the molecule is COc1ccccc1-n1ccc(=O)[nH]c1=S. The van der Waals surface area contributed by atoms with Crippen LogP contribution >= 0.6 is 12.2 Å². The minimum Gasteiger partial charge on any atom is -0.495 e. The second-order valence-corrected chi connectivity index (χ2v) is 3.54. The quantitative estimate of drug-likeness (QED) is 0.807. The van der Waals surface area contributed by atoms with Gasteiger partial charge in [-0.3, -0.25) is 14.3 Å². The lowest BCUT2D eigenvalue weighted by atomic mass is 10.3. The maximum absolute atomic E-state index is 11.1. The van der Waals surface area contributed by atoms with Crippen molar-refractivity contribution >= 4 is 12.2 Å². The Balaban J connectivity index is 2.68. The summed E-state index contributed by atoms with van der Waals surface area (Å²) in [6.07, 6.45) is 1.62. The van der Waals surface area contributed by atoms with E-state index in [1.807, 2.05) is 24.3 Å². The largest absolute Gasteiger partial charge is 0.495 e. The first-order valence-corrected chi connectivity index (χ1v) is 5.08. The summed E-state index contributed by atoms with van der Waals surface area (Å²) in [5.41, 5.74) is 0.586. The van der Waals surface area contributed by atoms with Crippen molar-refractivity contribution in [3.05, 3.63) is 51.7 Å². The first-order valence-electron chi connectivity index (χ1n) is 4.68. The lowest BCUT2D eigenvalue weighted by Gasteiger charge is -2.10. The Bertz CT molecular complexity index is 616. The molecule has 1 aromatic carbocycles. The van der Waals surface area contributed by atoms with Crippen LogP contribution in [-0.2, 0) is 0 Å².